The molecule has 0 radical (unpaired) electrons. The number of ether oxygens (including phenoxy) is 10. The monoisotopic (exact) mass is 750 g/mol. The van der Waals surface area contributed by atoms with Crippen LogP contribution in [-0.4, -0.2) is 103 Å². The molecule has 12 nitrogen and oxygen atoms in total. The minimum absolute atomic E-state index is 0.184. The van der Waals surface area contributed by atoms with E-state index < -0.39 is 24.1 Å². The molecule has 0 aliphatic rings. The number of carbonyl (C=O) groups excluding carboxylic acids is 2. The lowest BCUT2D eigenvalue weighted by atomic mass is 10.3. The number of esters is 2. The Morgan fingerprint density at radius 3 is 1.24 bits per heavy atom. The molecule has 0 spiro atoms. The highest BCUT2D eigenvalue weighted by Crippen LogP contribution is 2.19. The molecule has 0 aromatic heterocycles. The highest BCUT2D eigenvalue weighted by atomic mass is 16.6. The van der Waals surface area contributed by atoms with Gasteiger partial charge in [-0.2, -0.15) is 0 Å². The van der Waals surface area contributed by atoms with Crippen LogP contribution in [0.25, 0.3) is 0 Å². The molecular formula is C42H54O12. The van der Waals surface area contributed by atoms with E-state index in [9.17, 15) is 9.59 Å². The number of hydrogen-bond acceptors (Lipinski definition) is 12. The van der Waals surface area contributed by atoms with Gasteiger partial charge in [0.1, 0.15) is 49.4 Å². The van der Waals surface area contributed by atoms with Crippen LogP contribution in [0.4, 0.5) is 0 Å². The average Bonchev–Trinajstić information content (AvgIpc) is 3.20. The molecule has 2 unspecified atom stereocenters. The van der Waals surface area contributed by atoms with Crippen molar-refractivity contribution in [2.24, 2.45) is 0 Å². The first-order valence-corrected chi connectivity index (χ1v) is 18.2. The van der Waals surface area contributed by atoms with E-state index in [0.29, 0.717) is 75.9 Å². The molecule has 54 heavy (non-hydrogen) atoms. The number of unbranched alkanes of at least 4 members (excludes halogenated alkanes) is 2. The number of rotatable bonds is 32. The van der Waals surface area contributed by atoms with E-state index in [2.05, 4.69) is 13.2 Å². The van der Waals surface area contributed by atoms with E-state index in [1.807, 2.05) is 84.9 Å². The van der Waals surface area contributed by atoms with Gasteiger partial charge in [0.2, 0.25) is 0 Å². The Morgan fingerprint density at radius 1 is 0.444 bits per heavy atom. The van der Waals surface area contributed by atoms with Gasteiger partial charge in [0, 0.05) is 44.6 Å². The summed E-state index contributed by atoms with van der Waals surface area (Å²) in [5.41, 5.74) is 0. The molecule has 0 bridgehead atoms. The quantitative estimate of drug-likeness (QED) is 0.0397. The van der Waals surface area contributed by atoms with Crippen molar-refractivity contribution in [3.8, 4) is 23.0 Å². The Hall–Kier alpha value is -4.88. The summed E-state index contributed by atoms with van der Waals surface area (Å²) in [4.78, 5) is 23.3. The van der Waals surface area contributed by atoms with Crippen molar-refractivity contribution in [3.05, 3.63) is 110 Å². The third-order valence-electron chi connectivity index (χ3n) is 7.32. The van der Waals surface area contributed by atoms with Gasteiger partial charge in [-0.15, -0.1) is 0 Å². The zero-order chi connectivity index (χ0) is 38.3. The fourth-order valence-electron chi connectivity index (χ4n) is 4.61. The van der Waals surface area contributed by atoms with Gasteiger partial charge in [-0.05, 0) is 62.1 Å². The lowest BCUT2D eigenvalue weighted by Crippen LogP contribution is -2.29. The van der Waals surface area contributed by atoms with Gasteiger partial charge in [-0.1, -0.05) is 55.6 Å². The van der Waals surface area contributed by atoms with Gasteiger partial charge in [0.15, 0.2) is 12.2 Å². The van der Waals surface area contributed by atoms with Crippen LogP contribution in [0, 0.1) is 0 Å². The van der Waals surface area contributed by atoms with Crippen LogP contribution in [0.2, 0.25) is 0 Å². The van der Waals surface area contributed by atoms with Crippen molar-refractivity contribution in [1.82, 2.24) is 0 Å². The lowest BCUT2D eigenvalue weighted by Gasteiger charge is -2.18. The second kappa shape index (κ2) is 28.6. The zero-order valence-corrected chi connectivity index (χ0v) is 31.0. The first kappa shape index (κ1) is 43.5. The molecule has 0 amide bonds. The summed E-state index contributed by atoms with van der Waals surface area (Å²) in [5.74, 6) is 1.74. The minimum atomic E-state index is -0.541. The largest absolute Gasteiger partial charge is 0.491 e. The molecule has 3 aromatic rings. The van der Waals surface area contributed by atoms with Crippen LogP contribution in [-0.2, 0) is 38.0 Å². The lowest BCUT2D eigenvalue weighted by molar-refractivity contribution is -0.148. The van der Waals surface area contributed by atoms with E-state index in [-0.39, 0.29) is 26.4 Å². The molecule has 0 N–H and O–H groups in total. The van der Waals surface area contributed by atoms with Gasteiger partial charge in [-0.25, -0.2) is 9.59 Å². The third kappa shape index (κ3) is 21.0. The van der Waals surface area contributed by atoms with Gasteiger partial charge < -0.3 is 47.4 Å². The molecule has 0 aliphatic heterocycles. The van der Waals surface area contributed by atoms with Crippen molar-refractivity contribution >= 4 is 11.9 Å². The zero-order valence-electron chi connectivity index (χ0n) is 31.0. The van der Waals surface area contributed by atoms with Crippen molar-refractivity contribution < 1.29 is 57.0 Å². The van der Waals surface area contributed by atoms with Gasteiger partial charge in [0.25, 0.3) is 0 Å². The second-order valence-electron chi connectivity index (χ2n) is 11.7. The van der Waals surface area contributed by atoms with E-state index >= 15 is 0 Å². The first-order valence-electron chi connectivity index (χ1n) is 18.2. The molecule has 2 atom stereocenters. The molecule has 0 saturated heterocycles. The Labute approximate surface area is 318 Å². The minimum Gasteiger partial charge on any atom is -0.491 e. The standard InChI is InChI=1S/C42H54O12/c1-3-41(43)53-39(33-51-35-16-7-5-8-17-35)31-47-24-13-11-22-45-26-28-49-37-20-15-21-38(30-37)50-29-27-46-23-12-14-25-48-32-40(54-42(44)4-2)34-52-36-18-9-6-10-19-36/h3-10,15-21,30,39-40H,1-2,11-14,22-29,31-34H2. The number of benzene rings is 3. The Morgan fingerprint density at radius 2 is 0.833 bits per heavy atom. The van der Waals surface area contributed by atoms with E-state index in [1.54, 1.807) is 0 Å². The summed E-state index contributed by atoms with van der Waals surface area (Å²) in [6, 6.07) is 26.1. The van der Waals surface area contributed by atoms with Crippen molar-refractivity contribution in [2.45, 2.75) is 37.9 Å². The maximum Gasteiger partial charge on any atom is 0.330 e. The molecule has 0 fully saturated rings. The second-order valence-corrected chi connectivity index (χ2v) is 11.7. The van der Waals surface area contributed by atoms with E-state index in [0.717, 1.165) is 37.8 Å². The van der Waals surface area contributed by atoms with E-state index in [4.69, 9.17) is 47.4 Å². The molecule has 12 heteroatoms. The summed E-state index contributed by atoms with van der Waals surface area (Å²) in [6.07, 6.45) is 4.39. The fourth-order valence-corrected chi connectivity index (χ4v) is 4.61. The molecule has 3 rings (SSSR count). The van der Waals surface area contributed by atoms with Gasteiger partial charge in [0.05, 0.1) is 26.4 Å². The molecule has 3 aromatic carbocycles. The summed E-state index contributed by atoms with van der Waals surface area (Å²) >= 11 is 0. The number of para-hydroxylation sites is 2. The predicted molar refractivity (Wildman–Crippen MR) is 203 cm³/mol. The highest BCUT2D eigenvalue weighted by molar-refractivity contribution is 5.81. The van der Waals surface area contributed by atoms with Crippen molar-refractivity contribution in [3.63, 3.8) is 0 Å². The van der Waals surface area contributed by atoms with Crippen molar-refractivity contribution in [1.29, 1.82) is 0 Å². The summed E-state index contributed by atoms with van der Waals surface area (Å²) in [7, 11) is 0. The number of hydrogen-bond donors (Lipinski definition) is 0. The summed E-state index contributed by atoms with van der Waals surface area (Å²) in [6.45, 7) is 11.6. The van der Waals surface area contributed by atoms with Crippen molar-refractivity contribution in [2.75, 3.05) is 79.3 Å². The molecule has 0 aliphatic carbocycles. The summed E-state index contributed by atoms with van der Waals surface area (Å²) < 4.78 is 56.5. The van der Waals surface area contributed by atoms with Crippen LogP contribution >= 0.6 is 0 Å². The summed E-state index contributed by atoms with van der Waals surface area (Å²) in [5, 5.41) is 0. The van der Waals surface area contributed by atoms with Gasteiger partial charge >= 0.3 is 11.9 Å². The Bertz CT molecular complexity index is 1330. The number of carbonyl (C=O) groups is 2. The van der Waals surface area contributed by atoms with Crippen LogP contribution < -0.4 is 18.9 Å². The Kier molecular flexibility index (Phi) is 23.1. The first-order chi connectivity index (χ1) is 26.6. The third-order valence-corrected chi connectivity index (χ3v) is 7.32. The fraction of sp³-hybridized carbons (Fsp3) is 0.429. The van der Waals surface area contributed by atoms with E-state index in [1.165, 1.54) is 0 Å². The molecule has 294 valence electrons. The Balaban J connectivity index is 1.14. The smallest absolute Gasteiger partial charge is 0.330 e. The predicted octanol–water partition coefficient (Wildman–Crippen LogP) is 6.42. The molecule has 0 saturated carbocycles. The topological polar surface area (TPSA) is 126 Å². The highest BCUT2D eigenvalue weighted by Gasteiger charge is 2.16. The molecular weight excluding hydrogens is 696 g/mol. The van der Waals surface area contributed by atoms with Gasteiger partial charge in [-0.3, -0.25) is 0 Å². The van der Waals surface area contributed by atoms with Crippen LogP contribution in [0.3, 0.4) is 0 Å². The molecule has 0 heterocycles. The van der Waals surface area contributed by atoms with Crippen LogP contribution in [0.5, 0.6) is 23.0 Å². The van der Waals surface area contributed by atoms with Crippen LogP contribution in [0.1, 0.15) is 25.7 Å². The average molecular weight is 751 g/mol. The SMILES string of the molecule is C=CC(=O)OC(COCCCCOCCOc1cccc(OCCOCCCCOCC(COc2ccccc2)OC(=O)C=C)c1)COc1ccccc1. The maximum absolute atomic E-state index is 11.7. The van der Waals surface area contributed by atoms with Crippen LogP contribution in [0.15, 0.2) is 110 Å². The normalized spacial score (nSPS) is 11.9. The maximum atomic E-state index is 11.7.